The van der Waals surface area contributed by atoms with Crippen LogP contribution in [0, 0.1) is 33.8 Å². The summed E-state index contributed by atoms with van der Waals surface area (Å²) in [4.78, 5) is 47.6. The Morgan fingerprint density at radius 3 is 2.28 bits per heavy atom. The minimum Gasteiger partial charge on any atom is -0.459 e. The normalized spacial score (nSPS) is 22.4. The fourth-order valence-corrected chi connectivity index (χ4v) is 12.1. The van der Waals surface area contributed by atoms with E-state index in [1.54, 1.807) is 24.3 Å². The quantitative estimate of drug-likeness (QED) is 0.0217. The van der Waals surface area contributed by atoms with Crippen molar-refractivity contribution in [1.29, 1.82) is 0 Å². The Morgan fingerprint density at radius 2 is 1.60 bits per heavy atom. The van der Waals surface area contributed by atoms with Gasteiger partial charge in [-0.1, -0.05) is 121 Å². The molecule has 2 saturated carbocycles. The van der Waals surface area contributed by atoms with Crippen molar-refractivity contribution in [2.24, 2.45) is 28.8 Å². The van der Waals surface area contributed by atoms with Gasteiger partial charge in [0.15, 0.2) is 0 Å². The van der Waals surface area contributed by atoms with Crippen LogP contribution >= 0.6 is 0 Å². The molecule has 0 spiro atoms. The van der Waals surface area contributed by atoms with Crippen LogP contribution in [-0.2, 0) is 25.7 Å². The number of rotatable bonds is 36. The van der Waals surface area contributed by atoms with Crippen LogP contribution in [0.1, 0.15) is 172 Å². The fraction of sp³-hybridized carbons (Fsp3) is 0.678. The van der Waals surface area contributed by atoms with Crippen LogP contribution in [0.15, 0.2) is 71.9 Å². The van der Waals surface area contributed by atoms with Crippen molar-refractivity contribution in [2.45, 2.75) is 179 Å². The van der Waals surface area contributed by atoms with Gasteiger partial charge in [-0.05, 0) is 97.7 Å². The van der Waals surface area contributed by atoms with Crippen molar-refractivity contribution in [1.82, 2.24) is 10.2 Å². The number of ether oxygens (including phenoxy) is 4. The predicted molar refractivity (Wildman–Crippen MR) is 290 cm³/mol. The second-order valence-corrected chi connectivity index (χ2v) is 21.1. The number of aliphatic hydroxyl groups is 3. The lowest BCUT2D eigenvalue weighted by atomic mass is 9.55. The van der Waals surface area contributed by atoms with Crippen molar-refractivity contribution >= 4 is 23.4 Å². The van der Waals surface area contributed by atoms with Gasteiger partial charge in [-0.15, -0.1) is 6.58 Å². The standard InChI is InChI=1S/C59H88N4O12/c1-3-5-6-7-8-9-10-11-12-17-32-60-58(68)74-48-29-30-53-51(41-48)56-49(23-16-19-35-65)46(22-15-18-34-64)40-50-52(61-73-43-45-24-27-47(28-25-45)63(69)70)42-54(59(75-53,57(50)56)72-37-4-2)62(33-38-71-39-36-66)55(67)31-26-44-20-13-14-21-44/h4,24-25,27-30,40-41,44,46,49,54,56-57,64-66H,2-3,5-23,26,31-39,42-43H2,1H3,(H,60,68). The third kappa shape index (κ3) is 17.1. The van der Waals surface area contributed by atoms with E-state index >= 15 is 4.79 Å². The van der Waals surface area contributed by atoms with Gasteiger partial charge in [-0.3, -0.25) is 14.9 Å². The molecule has 1 aliphatic heterocycles. The summed E-state index contributed by atoms with van der Waals surface area (Å²) in [7, 11) is 0. The van der Waals surface area contributed by atoms with Crippen LogP contribution in [-0.4, -0.2) is 107 Å². The first-order valence-corrected chi connectivity index (χ1v) is 28.5. The van der Waals surface area contributed by atoms with Gasteiger partial charge in [0.1, 0.15) is 24.1 Å². The maximum absolute atomic E-state index is 15.1. The van der Waals surface area contributed by atoms with Gasteiger partial charge in [0.2, 0.25) is 11.7 Å². The zero-order valence-electron chi connectivity index (χ0n) is 44.9. The first-order chi connectivity index (χ1) is 36.7. The van der Waals surface area contributed by atoms with E-state index in [2.05, 4.69) is 24.9 Å². The van der Waals surface area contributed by atoms with Gasteiger partial charge in [-0.25, -0.2) is 4.79 Å². The monoisotopic (exact) mass is 1040 g/mol. The minimum atomic E-state index is -1.50. The van der Waals surface area contributed by atoms with E-state index in [0.29, 0.717) is 54.5 Å². The summed E-state index contributed by atoms with van der Waals surface area (Å²) in [5.74, 6) is -1.26. The summed E-state index contributed by atoms with van der Waals surface area (Å²) in [6.07, 6.45) is 25.2. The summed E-state index contributed by atoms with van der Waals surface area (Å²) in [5.41, 5.74) is 2.92. The summed E-state index contributed by atoms with van der Waals surface area (Å²) in [6, 6.07) is 10.8. The molecule has 6 atom stereocenters. The molecule has 0 aromatic heterocycles. The lowest BCUT2D eigenvalue weighted by Crippen LogP contribution is -2.70. The largest absolute Gasteiger partial charge is 0.459 e. The maximum Gasteiger partial charge on any atom is 0.412 e. The number of benzene rings is 2. The molecule has 16 heteroatoms. The number of amides is 2. The molecule has 16 nitrogen and oxygen atoms in total. The number of allylic oxidation sites excluding steroid dienone is 1. The number of fused-ring (bicyclic) bond motifs is 2. The molecule has 0 radical (unpaired) electrons. The van der Waals surface area contributed by atoms with E-state index in [-0.39, 0.29) is 88.6 Å². The van der Waals surface area contributed by atoms with E-state index in [0.717, 1.165) is 88.2 Å². The molecule has 1 heterocycles. The highest BCUT2D eigenvalue weighted by atomic mass is 16.7. The van der Waals surface area contributed by atoms with E-state index in [1.165, 1.54) is 57.1 Å². The van der Waals surface area contributed by atoms with E-state index in [1.807, 2.05) is 17.0 Å². The van der Waals surface area contributed by atoms with Crippen molar-refractivity contribution in [3.63, 3.8) is 0 Å². The summed E-state index contributed by atoms with van der Waals surface area (Å²) in [6.45, 7) is 7.27. The van der Waals surface area contributed by atoms with Gasteiger partial charge in [0.25, 0.3) is 5.69 Å². The first-order valence-electron chi connectivity index (χ1n) is 28.5. The highest BCUT2D eigenvalue weighted by molar-refractivity contribution is 6.03. The van der Waals surface area contributed by atoms with Crippen LogP contribution in [0.5, 0.6) is 11.5 Å². The van der Waals surface area contributed by atoms with Crippen LogP contribution in [0.3, 0.4) is 0 Å². The third-order valence-corrected chi connectivity index (χ3v) is 15.9. The van der Waals surface area contributed by atoms with Gasteiger partial charge < -0.3 is 49.3 Å². The van der Waals surface area contributed by atoms with Crippen LogP contribution < -0.4 is 14.8 Å². The molecule has 4 N–H and O–H groups in total. The van der Waals surface area contributed by atoms with Crippen molar-refractivity contribution in [3.05, 3.63) is 88.0 Å². The fourth-order valence-electron chi connectivity index (χ4n) is 12.1. The molecule has 0 bridgehead atoms. The Hall–Kier alpha value is -4.87. The highest BCUT2D eigenvalue weighted by Crippen LogP contribution is 2.62. The molecule has 2 aromatic carbocycles. The van der Waals surface area contributed by atoms with E-state index in [9.17, 15) is 30.2 Å². The van der Waals surface area contributed by atoms with Crippen LogP contribution in [0.25, 0.3) is 0 Å². The molecule has 416 valence electrons. The molecule has 6 unspecified atom stereocenters. The van der Waals surface area contributed by atoms with Crippen molar-refractivity contribution < 1.29 is 53.6 Å². The Labute approximate surface area is 445 Å². The molecular weight excluding hydrogens is 957 g/mol. The molecule has 3 aliphatic carbocycles. The third-order valence-electron chi connectivity index (χ3n) is 15.9. The first kappa shape index (κ1) is 59.4. The second kappa shape index (κ2) is 32.0. The van der Waals surface area contributed by atoms with Gasteiger partial charge >= 0.3 is 6.09 Å². The zero-order valence-corrected chi connectivity index (χ0v) is 44.9. The number of aliphatic hydroxyl groups excluding tert-OH is 3. The highest BCUT2D eigenvalue weighted by Gasteiger charge is 2.65. The Bertz CT molecular complexity index is 2130. The summed E-state index contributed by atoms with van der Waals surface area (Å²) < 4.78 is 26.5. The molecular formula is C59H88N4O12. The van der Waals surface area contributed by atoms with Crippen LogP contribution in [0.4, 0.5) is 10.5 Å². The zero-order chi connectivity index (χ0) is 53.3. The smallest absolute Gasteiger partial charge is 0.412 e. The summed E-state index contributed by atoms with van der Waals surface area (Å²) in [5, 5.41) is 49.1. The lowest BCUT2D eigenvalue weighted by molar-refractivity contribution is -0.384. The Balaban J connectivity index is 1.41. The Morgan fingerprint density at radius 1 is 0.893 bits per heavy atom. The molecule has 2 fully saturated rings. The number of nitrogens with zero attached hydrogens (tertiary/aromatic N) is 3. The van der Waals surface area contributed by atoms with E-state index in [4.69, 9.17) is 28.9 Å². The number of carbonyl (C=O) groups is 2. The average molecular weight is 1050 g/mol. The molecule has 4 aliphatic rings. The molecule has 6 rings (SSSR count). The van der Waals surface area contributed by atoms with Crippen molar-refractivity contribution in [2.75, 3.05) is 52.7 Å². The second-order valence-electron chi connectivity index (χ2n) is 21.1. The molecule has 2 aromatic rings. The molecule has 0 saturated heterocycles. The number of hydrogen-bond acceptors (Lipinski definition) is 13. The number of hydrogen-bond donors (Lipinski definition) is 4. The average Bonchev–Trinajstić information content (AvgIpc) is 3.96. The topological polar surface area (TPSA) is 212 Å². The van der Waals surface area contributed by atoms with Gasteiger partial charge in [0, 0.05) is 62.8 Å². The number of nitro benzene ring substituents is 1. The number of carbonyl (C=O) groups excluding carboxylic acids is 2. The van der Waals surface area contributed by atoms with Crippen LogP contribution in [0.2, 0.25) is 0 Å². The number of nitrogens with one attached hydrogen (secondary N) is 1. The van der Waals surface area contributed by atoms with Gasteiger partial charge in [0.05, 0.1) is 43.0 Å². The molecule has 75 heavy (non-hydrogen) atoms. The summed E-state index contributed by atoms with van der Waals surface area (Å²) >= 11 is 0. The van der Waals surface area contributed by atoms with Gasteiger partial charge in [-0.2, -0.15) is 0 Å². The number of non-ortho nitro benzene ring substituents is 1. The molecule has 2 amide bonds. The number of oxime groups is 1. The minimum absolute atomic E-state index is 0.0235. The Kier molecular flexibility index (Phi) is 25.3. The number of unbranched alkanes of at least 4 members (excludes halogenated alkanes) is 11. The predicted octanol–water partition coefficient (Wildman–Crippen LogP) is 11.2. The SMILES string of the molecule is C=CCOC12Oc3ccc(OC(=O)NCCCCCCCCCCCC)cc3C3C(CCCCO)C(CCCCO)C=C(C(=NOCc4ccc([N+](=O)[O-])cc4)CC1N(CCOCCO)C(=O)CCC1CCCC1)C32. The number of nitro groups is 1. The van der Waals surface area contributed by atoms with Crippen molar-refractivity contribution in [3.8, 4) is 11.5 Å². The lowest BCUT2D eigenvalue weighted by Gasteiger charge is -2.60. The maximum atomic E-state index is 15.1. The van der Waals surface area contributed by atoms with E-state index < -0.39 is 28.8 Å².